The second-order valence-electron chi connectivity index (χ2n) is 4.63. The first kappa shape index (κ1) is 11.9. The topological polar surface area (TPSA) is 50.9 Å². The number of aryl methyl sites for hydroxylation is 1. The molecule has 19 heavy (non-hydrogen) atoms. The summed E-state index contributed by atoms with van der Waals surface area (Å²) in [4.78, 5) is 4.47. The van der Waals surface area contributed by atoms with E-state index in [0.29, 0.717) is 6.42 Å². The van der Waals surface area contributed by atoms with Crippen LogP contribution in [0.2, 0.25) is 0 Å². The number of fused-ring (bicyclic) bond motifs is 1. The Balaban J connectivity index is 2.08. The number of nitrogens with zero attached hydrogens (tertiary/aromatic N) is 3. The molecular weight excluding hydrogens is 238 g/mol. The van der Waals surface area contributed by atoms with Crippen LogP contribution in [0.5, 0.6) is 0 Å². The van der Waals surface area contributed by atoms with Gasteiger partial charge in [0.2, 0.25) is 0 Å². The lowest BCUT2D eigenvalue weighted by molar-refractivity contribution is 0.299. The average Bonchev–Trinajstić information content (AvgIpc) is 2.85. The Labute approximate surface area is 111 Å². The fraction of sp³-hybridized carbons (Fsp3) is 0.200. The number of benzene rings is 1. The first-order chi connectivity index (χ1) is 9.26. The van der Waals surface area contributed by atoms with E-state index < -0.39 is 0 Å². The van der Waals surface area contributed by atoms with Gasteiger partial charge in [0.05, 0.1) is 11.7 Å². The molecule has 2 heterocycles. The van der Waals surface area contributed by atoms with Crippen molar-refractivity contribution in [2.75, 3.05) is 6.61 Å². The fourth-order valence-corrected chi connectivity index (χ4v) is 2.19. The lowest BCUT2D eigenvalue weighted by Gasteiger charge is -2.03. The van der Waals surface area contributed by atoms with Crippen LogP contribution in [0.25, 0.3) is 22.0 Å². The number of pyridine rings is 1. The average molecular weight is 253 g/mol. The summed E-state index contributed by atoms with van der Waals surface area (Å²) in [5, 5.41) is 14.3. The third kappa shape index (κ3) is 2.35. The molecule has 2 aromatic heterocycles. The van der Waals surface area contributed by atoms with Gasteiger partial charge in [0.25, 0.3) is 0 Å². The smallest absolute Gasteiger partial charge is 0.0702 e. The molecule has 1 aromatic carbocycles. The van der Waals surface area contributed by atoms with E-state index >= 15 is 0 Å². The highest BCUT2D eigenvalue weighted by Gasteiger charge is 2.03. The first-order valence-corrected chi connectivity index (χ1v) is 6.25. The summed E-state index contributed by atoms with van der Waals surface area (Å²) in [6, 6.07) is 8.20. The number of hydrogen-bond acceptors (Lipinski definition) is 3. The molecule has 0 unspecified atom stereocenters. The van der Waals surface area contributed by atoms with Gasteiger partial charge in [-0.15, -0.1) is 0 Å². The molecule has 0 amide bonds. The molecule has 96 valence electrons. The minimum absolute atomic E-state index is 0.168. The third-order valence-electron chi connectivity index (χ3n) is 3.18. The largest absolute Gasteiger partial charge is 0.396 e. The van der Waals surface area contributed by atoms with Crippen molar-refractivity contribution in [2.45, 2.75) is 6.42 Å². The molecule has 3 aromatic rings. The molecular formula is C15H15N3O. The molecule has 0 saturated carbocycles. The SMILES string of the molecule is Cn1cc(-c2cnc3ccc(CCO)cc3c2)cn1. The second kappa shape index (κ2) is 4.82. The van der Waals surface area contributed by atoms with Crippen LogP contribution in [-0.4, -0.2) is 26.5 Å². The molecule has 0 aliphatic heterocycles. The quantitative estimate of drug-likeness (QED) is 0.778. The Kier molecular flexibility index (Phi) is 3.01. The number of hydrogen-bond donors (Lipinski definition) is 1. The molecule has 0 atom stereocenters. The Hall–Kier alpha value is -2.20. The van der Waals surface area contributed by atoms with Crippen LogP contribution in [0, 0.1) is 0 Å². The molecule has 0 fully saturated rings. The highest BCUT2D eigenvalue weighted by atomic mass is 16.2. The van der Waals surface area contributed by atoms with Gasteiger partial charge in [-0.1, -0.05) is 6.07 Å². The van der Waals surface area contributed by atoms with Crippen LogP contribution in [0.4, 0.5) is 0 Å². The van der Waals surface area contributed by atoms with Gasteiger partial charge in [0.15, 0.2) is 0 Å². The summed E-state index contributed by atoms with van der Waals surface area (Å²) in [5.41, 5.74) is 4.21. The molecule has 0 radical (unpaired) electrons. The highest BCUT2D eigenvalue weighted by Crippen LogP contribution is 2.23. The molecule has 0 bridgehead atoms. The van der Waals surface area contributed by atoms with E-state index in [0.717, 1.165) is 27.6 Å². The lowest BCUT2D eigenvalue weighted by atomic mass is 10.1. The zero-order valence-corrected chi connectivity index (χ0v) is 10.7. The number of rotatable bonds is 3. The molecule has 0 aliphatic carbocycles. The summed E-state index contributed by atoms with van der Waals surface area (Å²) < 4.78 is 1.78. The second-order valence-corrected chi connectivity index (χ2v) is 4.63. The van der Waals surface area contributed by atoms with Crippen LogP contribution >= 0.6 is 0 Å². The minimum atomic E-state index is 0.168. The van der Waals surface area contributed by atoms with Gasteiger partial charge in [0, 0.05) is 42.6 Å². The minimum Gasteiger partial charge on any atom is -0.396 e. The zero-order valence-electron chi connectivity index (χ0n) is 10.7. The normalized spacial score (nSPS) is 11.1. The van der Waals surface area contributed by atoms with Crippen molar-refractivity contribution < 1.29 is 5.11 Å². The summed E-state index contributed by atoms with van der Waals surface area (Å²) in [6.07, 6.45) is 6.35. The predicted molar refractivity (Wildman–Crippen MR) is 74.7 cm³/mol. The van der Waals surface area contributed by atoms with E-state index in [1.54, 1.807) is 4.68 Å². The maximum Gasteiger partial charge on any atom is 0.0702 e. The number of aliphatic hydroxyl groups is 1. The monoisotopic (exact) mass is 253 g/mol. The van der Waals surface area contributed by atoms with Crippen LogP contribution in [0.15, 0.2) is 42.9 Å². The van der Waals surface area contributed by atoms with E-state index in [9.17, 15) is 0 Å². The van der Waals surface area contributed by atoms with Crippen LogP contribution < -0.4 is 0 Å². The predicted octanol–water partition coefficient (Wildman–Crippen LogP) is 2.17. The van der Waals surface area contributed by atoms with Crippen LogP contribution in [0.1, 0.15) is 5.56 Å². The van der Waals surface area contributed by atoms with Crippen molar-refractivity contribution in [3.05, 3.63) is 48.4 Å². The Bertz CT molecular complexity index is 718. The molecule has 0 spiro atoms. The van der Waals surface area contributed by atoms with Crippen molar-refractivity contribution >= 4 is 10.9 Å². The van der Waals surface area contributed by atoms with Crippen molar-refractivity contribution in [2.24, 2.45) is 7.05 Å². The molecule has 1 N–H and O–H groups in total. The van der Waals surface area contributed by atoms with Crippen LogP contribution in [0.3, 0.4) is 0 Å². The molecule has 4 nitrogen and oxygen atoms in total. The van der Waals surface area contributed by atoms with Crippen molar-refractivity contribution in [1.29, 1.82) is 0 Å². The summed E-state index contributed by atoms with van der Waals surface area (Å²) in [7, 11) is 1.90. The van der Waals surface area contributed by atoms with Crippen molar-refractivity contribution in [3.8, 4) is 11.1 Å². The van der Waals surface area contributed by atoms with Gasteiger partial charge < -0.3 is 5.11 Å². The lowest BCUT2D eigenvalue weighted by Crippen LogP contribution is -1.91. The Morgan fingerprint density at radius 3 is 2.79 bits per heavy atom. The molecule has 0 saturated heterocycles. The fourth-order valence-electron chi connectivity index (χ4n) is 2.19. The van der Waals surface area contributed by atoms with E-state index in [1.165, 1.54) is 0 Å². The Morgan fingerprint density at radius 2 is 2.05 bits per heavy atom. The van der Waals surface area contributed by atoms with Crippen molar-refractivity contribution in [1.82, 2.24) is 14.8 Å². The van der Waals surface area contributed by atoms with Crippen molar-refractivity contribution in [3.63, 3.8) is 0 Å². The number of aliphatic hydroxyl groups excluding tert-OH is 1. The first-order valence-electron chi connectivity index (χ1n) is 6.25. The summed E-state index contributed by atoms with van der Waals surface area (Å²) in [6.45, 7) is 0.168. The standard InChI is InChI=1S/C15H15N3O/c1-18-10-14(9-17-18)13-7-12-6-11(4-5-19)2-3-15(12)16-8-13/h2-3,6-10,19H,4-5H2,1H3. The number of aromatic nitrogens is 3. The van der Waals surface area contributed by atoms with Gasteiger partial charge in [-0.3, -0.25) is 9.67 Å². The van der Waals surface area contributed by atoms with E-state index in [1.807, 2.05) is 37.8 Å². The maximum atomic E-state index is 9.00. The van der Waals surface area contributed by atoms with Gasteiger partial charge in [-0.25, -0.2) is 0 Å². The zero-order chi connectivity index (χ0) is 13.2. The third-order valence-corrected chi connectivity index (χ3v) is 3.18. The highest BCUT2D eigenvalue weighted by molar-refractivity contribution is 5.83. The van der Waals surface area contributed by atoms with Gasteiger partial charge >= 0.3 is 0 Å². The van der Waals surface area contributed by atoms with Gasteiger partial charge in [0.1, 0.15) is 0 Å². The van der Waals surface area contributed by atoms with Gasteiger partial charge in [-0.2, -0.15) is 5.10 Å². The van der Waals surface area contributed by atoms with E-state index in [4.69, 9.17) is 5.11 Å². The van der Waals surface area contributed by atoms with E-state index in [2.05, 4.69) is 22.2 Å². The molecule has 3 rings (SSSR count). The van der Waals surface area contributed by atoms with E-state index in [-0.39, 0.29) is 6.61 Å². The molecule has 4 heteroatoms. The summed E-state index contributed by atoms with van der Waals surface area (Å²) in [5.74, 6) is 0. The van der Waals surface area contributed by atoms with Crippen LogP contribution in [-0.2, 0) is 13.5 Å². The Morgan fingerprint density at radius 1 is 1.16 bits per heavy atom. The molecule has 0 aliphatic rings. The van der Waals surface area contributed by atoms with Gasteiger partial charge in [-0.05, 0) is 30.2 Å². The summed E-state index contributed by atoms with van der Waals surface area (Å²) >= 11 is 0. The maximum absolute atomic E-state index is 9.00.